The fourth-order valence-corrected chi connectivity index (χ4v) is 2.16. The molecule has 1 N–H and O–H groups in total. The Morgan fingerprint density at radius 1 is 1.13 bits per heavy atom. The zero-order valence-electron chi connectivity index (χ0n) is 12.1. The van der Waals surface area contributed by atoms with Crippen LogP contribution >= 0.6 is 11.6 Å². The SMILES string of the molecule is COc1ccc(-c2nnc(NC(=O)c3ccccc3Cl)o2)cc1. The molecule has 116 valence electrons. The predicted molar refractivity (Wildman–Crippen MR) is 85.7 cm³/mol. The lowest BCUT2D eigenvalue weighted by molar-refractivity contribution is 0.102. The number of anilines is 1. The molecule has 23 heavy (non-hydrogen) atoms. The first-order chi connectivity index (χ1) is 11.2. The van der Waals surface area contributed by atoms with Gasteiger partial charge in [-0.05, 0) is 36.4 Å². The first-order valence-corrected chi connectivity index (χ1v) is 7.09. The van der Waals surface area contributed by atoms with E-state index in [2.05, 4.69) is 15.5 Å². The molecule has 1 amide bonds. The van der Waals surface area contributed by atoms with E-state index in [9.17, 15) is 4.79 Å². The van der Waals surface area contributed by atoms with Crippen LogP contribution in [0.3, 0.4) is 0 Å². The molecule has 2 aromatic carbocycles. The second-order valence-electron chi connectivity index (χ2n) is 4.57. The minimum atomic E-state index is -0.416. The fourth-order valence-electron chi connectivity index (χ4n) is 1.93. The van der Waals surface area contributed by atoms with E-state index >= 15 is 0 Å². The first-order valence-electron chi connectivity index (χ1n) is 6.71. The number of rotatable bonds is 4. The summed E-state index contributed by atoms with van der Waals surface area (Å²) in [4.78, 5) is 12.1. The van der Waals surface area contributed by atoms with E-state index in [0.717, 1.165) is 11.3 Å². The van der Waals surface area contributed by atoms with Crippen molar-refractivity contribution in [1.82, 2.24) is 10.2 Å². The molecule has 1 heterocycles. The van der Waals surface area contributed by atoms with Gasteiger partial charge >= 0.3 is 6.01 Å². The molecule has 0 aliphatic rings. The van der Waals surface area contributed by atoms with E-state index in [4.69, 9.17) is 20.8 Å². The molecular weight excluding hydrogens is 318 g/mol. The van der Waals surface area contributed by atoms with Crippen LogP contribution < -0.4 is 10.1 Å². The Morgan fingerprint density at radius 3 is 2.57 bits per heavy atom. The molecule has 0 aliphatic carbocycles. The fraction of sp³-hybridized carbons (Fsp3) is 0.0625. The Kier molecular flexibility index (Phi) is 4.25. The maximum Gasteiger partial charge on any atom is 0.322 e. The van der Waals surface area contributed by atoms with Gasteiger partial charge < -0.3 is 9.15 Å². The van der Waals surface area contributed by atoms with Gasteiger partial charge in [-0.15, -0.1) is 5.10 Å². The van der Waals surface area contributed by atoms with Gasteiger partial charge in [0.25, 0.3) is 5.91 Å². The molecule has 0 saturated heterocycles. The summed E-state index contributed by atoms with van der Waals surface area (Å²) >= 11 is 5.98. The monoisotopic (exact) mass is 329 g/mol. The van der Waals surface area contributed by atoms with Gasteiger partial charge in [0.1, 0.15) is 5.75 Å². The second-order valence-corrected chi connectivity index (χ2v) is 4.98. The highest BCUT2D eigenvalue weighted by Crippen LogP contribution is 2.23. The summed E-state index contributed by atoms with van der Waals surface area (Å²) in [6, 6.07) is 13.8. The van der Waals surface area contributed by atoms with Crippen molar-refractivity contribution in [3.8, 4) is 17.2 Å². The van der Waals surface area contributed by atoms with Crippen LogP contribution in [-0.4, -0.2) is 23.2 Å². The number of carbonyl (C=O) groups excluding carboxylic acids is 1. The maximum absolute atomic E-state index is 12.1. The summed E-state index contributed by atoms with van der Waals surface area (Å²) in [7, 11) is 1.59. The van der Waals surface area contributed by atoms with E-state index in [1.54, 1.807) is 55.6 Å². The Morgan fingerprint density at radius 2 is 1.87 bits per heavy atom. The third-order valence-corrected chi connectivity index (χ3v) is 3.43. The topological polar surface area (TPSA) is 77.3 Å². The summed E-state index contributed by atoms with van der Waals surface area (Å²) in [6.45, 7) is 0. The summed E-state index contributed by atoms with van der Waals surface area (Å²) in [6.07, 6.45) is 0. The van der Waals surface area contributed by atoms with Gasteiger partial charge in [-0.1, -0.05) is 28.8 Å². The molecule has 0 saturated carbocycles. The average Bonchev–Trinajstić information content (AvgIpc) is 3.03. The lowest BCUT2D eigenvalue weighted by atomic mass is 10.2. The van der Waals surface area contributed by atoms with Crippen LogP contribution in [0.2, 0.25) is 5.02 Å². The molecular formula is C16H12ClN3O3. The Bertz CT molecular complexity index is 831. The Labute approximate surface area is 137 Å². The second kappa shape index (κ2) is 6.50. The smallest absolute Gasteiger partial charge is 0.322 e. The Hall–Kier alpha value is -2.86. The predicted octanol–water partition coefficient (Wildman–Crippen LogP) is 3.65. The van der Waals surface area contributed by atoms with Crippen molar-refractivity contribution >= 4 is 23.5 Å². The van der Waals surface area contributed by atoms with E-state index in [-0.39, 0.29) is 6.01 Å². The number of nitrogens with one attached hydrogen (secondary N) is 1. The van der Waals surface area contributed by atoms with E-state index < -0.39 is 5.91 Å². The van der Waals surface area contributed by atoms with Crippen LogP contribution in [0.4, 0.5) is 6.01 Å². The maximum atomic E-state index is 12.1. The number of carbonyl (C=O) groups is 1. The third kappa shape index (κ3) is 3.32. The molecule has 0 atom stereocenters. The number of aromatic nitrogens is 2. The minimum Gasteiger partial charge on any atom is -0.497 e. The van der Waals surface area contributed by atoms with Crippen molar-refractivity contribution in [2.24, 2.45) is 0 Å². The van der Waals surface area contributed by atoms with Crippen LogP contribution in [0.1, 0.15) is 10.4 Å². The van der Waals surface area contributed by atoms with Gasteiger partial charge in [-0.3, -0.25) is 10.1 Å². The molecule has 3 aromatic rings. The number of methoxy groups -OCH3 is 1. The minimum absolute atomic E-state index is 0.000683. The highest BCUT2D eigenvalue weighted by molar-refractivity contribution is 6.34. The summed E-state index contributed by atoms with van der Waals surface area (Å²) in [5, 5.41) is 10.6. The first kappa shape index (κ1) is 15.1. The molecule has 1 aromatic heterocycles. The number of ether oxygens (including phenoxy) is 1. The third-order valence-electron chi connectivity index (χ3n) is 3.10. The number of benzene rings is 2. The molecule has 0 aliphatic heterocycles. The van der Waals surface area contributed by atoms with Gasteiger partial charge in [0.2, 0.25) is 5.89 Å². The number of amides is 1. The van der Waals surface area contributed by atoms with Gasteiger partial charge in [-0.2, -0.15) is 0 Å². The van der Waals surface area contributed by atoms with Gasteiger partial charge in [-0.25, -0.2) is 0 Å². The van der Waals surface area contributed by atoms with Crippen LogP contribution in [0, 0.1) is 0 Å². The lowest BCUT2D eigenvalue weighted by Crippen LogP contribution is -2.12. The standard InChI is InChI=1S/C16H12ClN3O3/c1-22-11-8-6-10(7-9-11)15-19-20-16(23-15)18-14(21)12-4-2-3-5-13(12)17/h2-9H,1H3,(H,18,20,21). The van der Waals surface area contributed by atoms with Crippen LogP contribution in [-0.2, 0) is 0 Å². The van der Waals surface area contributed by atoms with Crippen LogP contribution in [0.25, 0.3) is 11.5 Å². The van der Waals surface area contributed by atoms with Crippen molar-refractivity contribution in [1.29, 1.82) is 0 Å². The average molecular weight is 330 g/mol. The van der Waals surface area contributed by atoms with E-state index in [1.165, 1.54) is 0 Å². The molecule has 7 heteroatoms. The highest BCUT2D eigenvalue weighted by atomic mass is 35.5. The molecule has 0 spiro atoms. The number of nitrogens with zero attached hydrogens (tertiary/aromatic N) is 2. The summed E-state index contributed by atoms with van der Waals surface area (Å²) in [5.74, 6) is 0.600. The Balaban J connectivity index is 1.76. The summed E-state index contributed by atoms with van der Waals surface area (Å²) in [5.41, 5.74) is 1.05. The summed E-state index contributed by atoms with van der Waals surface area (Å²) < 4.78 is 10.5. The van der Waals surface area contributed by atoms with Gasteiger partial charge in [0.15, 0.2) is 0 Å². The van der Waals surface area contributed by atoms with Crippen LogP contribution in [0.15, 0.2) is 52.9 Å². The molecule has 0 unspecified atom stereocenters. The zero-order chi connectivity index (χ0) is 16.2. The van der Waals surface area contributed by atoms with Crippen molar-refractivity contribution in [3.63, 3.8) is 0 Å². The molecule has 0 fully saturated rings. The van der Waals surface area contributed by atoms with Crippen molar-refractivity contribution < 1.29 is 13.9 Å². The quantitative estimate of drug-likeness (QED) is 0.790. The van der Waals surface area contributed by atoms with Crippen molar-refractivity contribution in [2.75, 3.05) is 12.4 Å². The van der Waals surface area contributed by atoms with E-state index in [0.29, 0.717) is 16.5 Å². The van der Waals surface area contributed by atoms with Crippen molar-refractivity contribution in [3.05, 3.63) is 59.1 Å². The largest absolute Gasteiger partial charge is 0.497 e. The van der Waals surface area contributed by atoms with Gasteiger partial charge in [0.05, 0.1) is 17.7 Å². The molecule has 0 bridgehead atoms. The number of hydrogen-bond acceptors (Lipinski definition) is 5. The normalized spacial score (nSPS) is 10.3. The van der Waals surface area contributed by atoms with Crippen LogP contribution in [0.5, 0.6) is 5.75 Å². The van der Waals surface area contributed by atoms with Crippen molar-refractivity contribution in [2.45, 2.75) is 0 Å². The molecule has 6 nitrogen and oxygen atoms in total. The zero-order valence-corrected chi connectivity index (χ0v) is 12.9. The lowest BCUT2D eigenvalue weighted by Gasteiger charge is -2.02. The molecule has 3 rings (SSSR count). The van der Waals surface area contributed by atoms with E-state index in [1.807, 2.05) is 0 Å². The van der Waals surface area contributed by atoms with Gasteiger partial charge in [0, 0.05) is 5.56 Å². The molecule has 0 radical (unpaired) electrons. The number of hydrogen-bond donors (Lipinski definition) is 1. The number of halogens is 1. The highest BCUT2D eigenvalue weighted by Gasteiger charge is 2.14.